The van der Waals surface area contributed by atoms with Crippen molar-refractivity contribution in [1.29, 1.82) is 0 Å². The fourth-order valence-electron chi connectivity index (χ4n) is 3.78. The molecule has 1 aromatic heterocycles. The van der Waals surface area contributed by atoms with Gasteiger partial charge in [-0.1, -0.05) is 0 Å². The van der Waals surface area contributed by atoms with Gasteiger partial charge in [-0.3, -0.25) is 4.79 Å². The zero-order chi connectivity index (χ0) is 18.1. The lowest BCUT2D eigenvalue weighted by Crippen LogP contribution is -2.44. The van der Waals surface area contributed by atoms with Gasteiger partial charge in [-0.15, -0.1) is 12.4 Å². The summed E-state index contributed by atoms with van der Waals surface area (Å²) in [6, 6.07) is 2.27. The fourth-order valence-corrected chi connectivity index (χ4v) is 5.19. The van der Waals surface area contributed by atoms with Crippen LogP contribution in [0.4, 0.5) is 0 Å². The van der Waals surface area contributed by atoms with Crippen molar-refractivity contribution in [2.24, 2.45) is 5.41 Å². The van der Waals surface area contributed by atoms with Gasteiger partial charge in [0.1, 0.15) is 0 Å². The Kier molecular flexibility index (Phi) is 7.12. The number of carbonyl (C=O) groups is 1. The van der Waals surface area contributed by atoms with Crippen LogP contribution in [0.3, 0.4) is 0 Å². The Balaban J connectivity index is 0.00000243. The van der Waals surface area contributed by atoms with Gasteiger partial charge in [-0.2, -0.15) is 15.6 Å². The van der Waals surface area contributed by atoms with Crippen molar-refractivity contribution in [3.63, 3.8) is 0 Å². The molecule has 6 nitrogen and oxygen atoms in total. The number of likely N-dealkylation sites (N-methyl/N-ethyl adjacent to an activating group) is 1. The maximum absolute atomic E-state index is 13.0. The van der Waals surface area contributed by atoms with Crippen molar-refractivity contribution < 1.29 is 13.2 Å². The van der Waals surface area contributed by atoms with Gasteiger partial charge in [-0.25, -0.2) is 8.42 Å². The van der Waals surface area contributed by atoms with E-state index in [0.717, 1.165) is 37.9 Å². The highest BCUT2D eigenvalue weighted by Gasteiger charge is 2.57. The predicted molar refractivity (Wildman–Crippen MR) is 107 cm³/mol. The van der Waals surface area contributed by atoms with E-state index in [9.17, 15) is 13.2 Å². The molecule has 1 saturated carbocycles. The Hall–Kier alpha value is -0.670. The summed E-state index contributed by atoms with van der Waals surface area (Å²) < 4.78 is 25.2. The summed E-state index contributed by atoms with van der Waals surface area (Å²) >= 11 is 1.62. The second-order valence-corrected chi connectivity index (χ2v) is 10.3. The summed E-state index contributed by atoms with van der Waals surface area (Å²) in [5.74, 6) is -0.0773. The summed E-state index contributed by atoms with van der Waals surface area (Å²) in [5.41, 5.74) is 1.36. The second kappa shape index (κ2) is 8.56. The standard InChI is InChI=1S/C17H27N3O3S2.ClH/c1-3-25(22,23)19(2)12-16(21)20(11-14-4-9-24-13-14)15-10-17(15)5-7-18-8-6-17;/h4,9,13,15,18H,3,5-8,10-12H2,1-2H3;1H. The maximum Gasteiger partial charge on any atom is 0.238 e. The zero-order valence-electron chi connectivity index (χ0n) is 15.3. The van der Waals surface area contributed by atoms with E-state index in [4.69, 9.17) is 0 Å². The number of thiophene rings is 1. The molecule has 1 unspecified atom stereocenters. The van der Waals surface area contributed by atoms with E-state index in [1.165, 1.54) is 11.4 Å². The van der Waals surface area contributed by atoms with E-state index < -0.39 is 10.0 Å². The summed E-state index contributed by atoms with van der Waals surface area (Å²) in [6.45, 7) is 4.10. The number of rotatable bonds is 7. The minimum atomic E-state index is -3.35. The minimum absolute atomic E-state index is 0. The topological polar surface area (TPSA) is 69.7 Å². The van der Waals surface area contributed by atoms with E-state index in [1.54, 1.807) is 18.3 Å². The largest absolute Gasteiger partial charge is 0.334 e. The predicted octanol–water partition coefficient (Wildman–Crippen LogP) is 1.92. The summed E-state index contributed by atoms with van der Waals surface area (Å²) in [5, 5.41) is 7.46. The summed E-state index contributed by atoms with van der Waals surface area (Å²) in [7, 11) is -1.86. The van der Waals surface area contributed by atoms with Gasteiger partial charge in [0.05, 0.1) is 12.3 Å². The molecule has 2 fully saturated rings. The maximum atomic E-state index is 13.0. The number of carbonyl (C=O) groups excluding carboxylic acids is 1. The minimum Gasteiger partial charge on any atom is -0.334 e. The first kappa shape index (κ1) is 21.6. The van der Waals surface area contributed by atoms with Crippen LogP contribution in [0.2, 0.25) is 0 Å². The van der Waals surface area contributed by atoms with Crippen molar-refractivity contribution >= 4 is 39.7 Å². The molecule has 1 aliphatic heterocycles. The molecule has 9 heteroatoms. The Bertz CT molecular complexity index is 703. The van der Waals surface area contributed by atoms with Gasteiger partial charge in [0.15, 0.2) is 0 Å². The molecule has 0 aromatic carbocycles. The third-order valence-corrected chi connectivity index (χ3v) is 8.11. The number of piperidine rings is 1. The lowest BCUT2D eigenvalue weighted by molar-refractivity contribution is -0.133. The van der Waals surface area contributed by atoms with Gasteiger partial charge in [0.2, 0.25) is 15.9 Å². The fraction of sp³-hybridized carbons (Fsp3) is 0.706. The molecule has 1 N–H and O–H groups in total. The average Bonchev–Trinajstić information content (AvgIpc) is 3.03. The van der Waals surface area contributed by atoms with Crippen molar-refractivity contribution in [3.05, 3.63) is 22.4 Å². The molecule has 1 aromatic rings. The van der Waals surface area contributed by atoms with Gasteiger partial charge in [0.25, 0.3) is 0 Å². The molecule has 0 radical (unpaired) electrons. The summed E-state index contributed by atoms with van der Waals surface area (Å²) in [6.07, 6.45) is 3.22. The number of halogens is 1. The molecule has 2 aliphatic rings. The molecule has 26 heavy (non-hydrogen) atoms. The molecule has 1 amide bonds. The van der Waals surface area contributed by atoms with E-state index in [0.29, 0.717) is 6.54 Å². The van der Waals surface area contributed by atoms with Crippen LogP contribution in [0.1, 0.15) is 31.7 Å². The van der Waals surface area contributed by atoms with E-state index in [1.807, 2.05) is 16.3 Å². The van der Waals surface area contributed by atoms with Crippen molar-refractivity contribution in [1.82, 2.24) is 14.5 Å². The number of nitrogens with one attached hydrogen (secondary N) is 1. The van der Waals surface area contributed by atoms with Crippen LogP contribution in [0.5, 0.6) is 0 Å². The number of sulfonamides is 1. The highest BCUT2D eigenvalue weighted by Crippen LogP contribution is 2.56. The van der Waals surface area contributed by atoms with Gasteiger partial charge in [-0.05, 0) is 67.1 Å². The molecule has 1 atom stereocenters. The Morgan fingerprint density at radius 3 is 2.65 bits per heavy atom. The lowest BCUT2D eigenvalue weighted by Gasteiger charge is -2.30. The van der Waals surface area contributed by atoms with E-state index in [-0.39, 0.29) is 42.1 Å². The number of nitrogens with zero attached hydrogens (tertiary/aromatic N) is 2. The van der Waals surface area contributed by atoms with Crippen molar-refractivity contribution in [2.45, 2.75) is 38.8 Å². The first-order chi connectivity index (χ1) is 11.9. The van der Waals surface area contributed by atoms with Crippen molar-refractivity contribution in [2.75, 3.05) is 32.4 Å². The lowest BCUT2D eigenvalue weighted by atomic mass is 9.93. The quantitative estimate of drug-likeness (QED) is 0.730. The molecule has 1 spiro atoms. The first-order valence-corrected chi connectivity index (χ1v) is 11.4. The molecule has 0 bridgehead atoms. The number of hydrogen-bond donors (Lipinski definition) is 1. The first-order valence-electron chi connectivity index (χ1n) is 8.83. The number of amides is 1. The molecule has 2 heterocycles. The smallest absolute Gasteiger partial charge is 0.238 e. The highest BCUT2D eigenvalue weighted by molar-refractivity contribution is 7.89. The summed E-state index contributed by atoms with van der Waals surface area (Å²) in [4.78, 5) is 14.9. The molecule has 148 valence electrons. The average molecular weight is 422 g/mol. The number of hydrogen-bond acceptors (Lipinski definition) is 5. The highest BCUT2D eigenvalue weighted by atomic mass is 35.5. The Labute approximate surface area is 166 Å². The van der Waals surface area contributed by atoms with E-state index >= 15 is 0 Å². The molecule has 1 saturated heterocycles. The van der Waals surface area contributed by atoms with Crippen LogP contribution in [0.25, 0.3) is 0 Å². The Morgan fingerprint density at radius 1 is 1.38 bits per heavy atom. The Morgan fingerprint density at radius 2 is 2.08 bits per heavy atom. The van der Waals surface area contributed by atoms with Gasteiger partial charge >= 0.3 is 0 Å². The van der Waals surface area contributed by atoms with Crippen LogP contribution in [0.15, 0.2) is 16.8 Å². The molecule has 3 rings (SSSR count). The van der Waals surface area contributed by atoms with Crippen molar-refractivity contribution in [3.8, 4) is 0 Å². The van der Waals surface area contributed by atoms with Gasteiger partial charge < -0.3 is 10.2 Å². The molecule has 1 aliphatic carbocycles. The molecular formula is C17H28ClN3O3S2. The monoisotopic (exact) mass is 421 g/mol. The van der Waals surface area contributed by atoms with Gasteiger partial charge in [0, 0.05) is 19.6 Å². The zero-order valence-corrected chi connectivity index (χ0v) is 17.8. The molecular weight excluding hydrogens is 394 g/mol. The van der Waals surface area contributed by atoms with Crippen LogP contribution >= 0.6 is 23.7 Å². The van der Waals surface area contributed by atoms with Crippen LogP contribution in [-0.2, 0) is 21.4 Å². The van der Waals surface area contributed by atoms with Crippen LogP contribution < -0.4 is 5.32 Å². The van der Waals surface area contributed by atoms with E-state index in [2.05, 4.69) is 10.7 Å². The third kappa shape index (κ3) is 4.59. The van der Waals surface area contributed by atoms with Crippen LogP contribution in [-0.4, -0.2) is 62.0 Å². The normalized spacial score (nSPS) is 21.4. The SMILES string of the molecule is CCS(=O)(=O)N(C)CC(=O)N(Cc1ccsc1)C1CC12CCNCC2.Cl. The second-order valence-electron chi connectivity index (χ2n) is 7.14. The van der Waals surface area contributed by atoms with Crippen LogP contribution in [0, 0.1) is 5.41 Å². The third-order valence-electron chi connectivity index (χ3n) is 5.57.